The smallest absolute Gasteiger partial charge is 0.471 e. The van der Waals surface area contributed by atoms with Crippen LogP contribution in [0.15, 0.2) is 30.4 Å². The molecule has 17 heteroatoms. The molecule has 4 N–H and O–H groups in total. The molecular formula is C23H26FN6O9P. The second-order valence-corrected chi connectivity index (χ2v) is 9.38. The highest BCUT2D eigenvalue weighted by Crippen LogP contribution is 2.42. The van der Waals surface area contributed by atoms with Crippen molar-refractivity contribution in [2.45, 2.75) is 19.4 Å². The number of nitrogens with zero attached hydrogens (tertiary/aromatic N) is 4. The van der Waals surface area contributed by atoms with Crippen LogP contribution in [0.3, 0.4) is 0 Å². The second kappa shape index (κ2) is 11.1. The largest absolute Gasteiger partial charge is 0.493 e. The van der Waals surface area contributed by atoms with Crippen molar-refractivity contribution in [3.63, 3.8) is 0 Å². The maximum atomic E-state index is 15.2. The first-order valence-electron chi connectivity index (χ1n) is 16.6. The number of hydrogen-bond donors (Lipinski definition) is 4. The van der Waals surface area contributed by atoms with E-state index in [2.05, 4.69) is 30.1 Å². The number of carbonyl (C=O) groups is 1. The quantitative estimate of drug-likeness (QED) is 0.252. The van der Waals surface area contributed by atoms with Gasteiger partial charge in [0, 0.05) is 17.8 Å². The number of rotatable bonds is 10. The minimum atomic E-state index is -5.15. The third-order valence-electron chi connectivity index (χ3n) is 4.96. The maximum Gasteiger partial charge on any atom is 0.471 e. The number of anilines is 5. The molecule has 4 rings (SSSR count). The van der Waals surface area contributed by atoms with Crippen LogP contribution in [0.1, 0.15) is 30.3 Å². The van der Waals surface area contributed by atoms with Crippen LogP contribution in [0.25, 0.3) is 0 Å². The van der Waals surface area contributed by atoms with Crippen molar-refractivity contribution in [3.05, 3.63) is 36.2 Å². The van der Waals surface area contributed by atoms with Crippen LogP contribution in [0.2, 0.25) is 0 Å². The van der Waals surface area contributed by atoms with Gasteiger partial charge in [0.15, 0.2) is 40.3 Å². The van der Waals surface area contributed by atoms with Crippen LogP contribution in [-0.4, -0.2) is 64.1 Å². The molecule has 0 aliphatic carbocycles. The number of phosphoric acid groups is 1. The summed E-state index contributed by atoms with van der Waals surface area (Å²) in [6.45, 7) is 1.45. The molecule has 0 bridgehead atoms. The minimum absolute atomic E-state index is 0.367. The number of methoxy groups -OCH3 is 3. The molecular weight excluding hydrogens is 554 g/mol. The Kier molecular flexibility index (Phi) is 4.65. The average Bonchev–Trinajstić information content (AvgIpc) is 2.94. The number of hydrogen-bond acceptors (Lipinski definition) is 12. The summed E-state index contributed by atoms with van der Waals surface area (Å²) in [5.74, 6) is -8.33. The van der Waals surface area contributed by atoms with Crippen molar-refractivity contribution in [1.29, 1.82) is 0 Å². The van der Waals surface area contributed by atoms with Gasteiger partial charge in [-0.05, 0) is 25.9 Å². The number of amides is 1. The molecule has 1 aromatic carbocycles. The fourth-order valence-electron chi connectivity index (χ4n) is 3.26. The summed E-state index contributed by atoms with van der Waals surface area (Å²) in [5, 5.41) is 4.70. The molecule has 214 valence electrons. The van der Waals surface area contributed by atoms with Gasteiger partial charge >= 0.3 is 7.82 Å². The first-order chi connectivity index (χ1) is 23.5. The monoisotopic (exact) mass is 592 g/mol. The Morgan fingerprint density at radius 3 is 2.50 bits per heavy atom. The van der Waals surface area contributed by atoms with Crippen molar-refractivity contribution in [2.24, 2.45) is 0 Å². The van der Waals surface area contributed by atoms with Crippen LogP contribution in [0.4, 0.5) is 33.5 Å². The lowest BCUT2D eigenvalue weighted by Gasteiger charge is -2.37. The zero-order valence-electron chi connectivity index (χ0n) is 32.2. The van der Waals surface area contributed by atoms with E-state index in [0.29, 0.717) is 4.90 Å². The van der Waals surface area contributed by atoms with Gasteiger partial charge in [0.2, 0.25) is 11.7 Å². The lowest BCUT2D eigenvalue weighted by Crippen LogP contribution is -2.53. The van der Waals surface area contributed by atoms with Gasteiger partial charge in [-0.3, -0.25) is 14.2 Å². The molecule has 0 atom stereocenters. The molecule has 3 aromatic rings. The van der Waals surface area contributed by atoms with E-state index in [-0.39, 0.29) is 5.69 Å². The van der Waals surface area contributed by atoms with Gasteiger partial charge in [0.25, 0.3) is 5.91 Å². The molecule has 0 unspecified atom stereocenters. The Morgan fingerprint density at radius 1 is 1.15 bits per heavy atom. The maximum absolute atomic E-state index is 15.2. The van der Waals surface area contributed by atoms with Gasteiger partial charge in [-0.1, -0.05) is 0 Å². The van der Waals surface area contributed by atoms with E-state index in [1.807, 2.05) is 0 Å². The molecule has 15 nitrogen and oxygen atoms in total. The molecule has 2 aromatic heterocycles. The molecule has 0 fully saturated rings. The lowest BCUT2D eigenvalue weighted by atomic mass is 10.1. The Labute approximate surface area is 244 Å². The first-order valence-corrected chi connectivity index (χ1v) is 12.1. The Balaban J connectivity index is 1.80. The molecule has 1 amide bonds. The number of ether oxygens (including phenoxy) is 4. The normalized spacial score (nSPS) is 19.5. The number of halogens is 1. The molecule has 0 spiro atoms. The summed E-state index contributed by atoms with van der Waals surface area (Å²) in [5.41, 5.74) is -2.09. The summed E-state index contributed by atoms with van der Waals surface area (Å²) in [6, 6.07) is 0.141. The predicted octanol–water partition coefficient (Wildman–Crippen LogP) is 3.09. The first kappa shape index (κ1) is 16.8. The standard InChI is InChI=1S/C23H26FN6O9P/c1-23(2)21(31)30(11-38-40(32,33)34)20-14(39-23)6-7-17(28-20)27-19-13(24)10-25-22(29-19)26-12-8-15(35-3)18(37-5)16(9-12)36-4/h6-10H,11H2,1-5H3,(H2,32,33,34)(H2,25,26,27,28,29)/i3D3,4D3,5D3,6D,7D,10D. The number of carbonyl (C=O) groups excluding carboxylic acids is 1. The predicted molar refractivity (Wildman–Crippen MR) is 139 cm³/mol. The van der Waals surface area contributed by atoms with Crippen molar-refractivity contribution < 1.29 is 63.5 Å². The van der Waals surface area contributed by atoms with Gasteiger partial charge in [-0.25, -0.2) is 18.9 Å². The van der Waals surface area contributed by atoms with Gasteiger partial charge < -0.3 is 39.4 Å². The van der Waals surface area contributed by atoms with Crippen molar-refractivity contribution in [3.8, 4) is 23.0 Å². The molecule has 3 heterocycles. The van der Waals surface area contributed by atoms with E-state index in [4.69, 9.17) is 35.4 Å². The van der Waals surface area contributed by atoms with Crippen LogP contribution in [-0.2, 0) is 13.9 Å². The van der Waals surface area contributed by atoms with E-state index >= 15 is 4.39 Å². The SMILES string of the molecule is [2H]c1nc(Nc2cc(OC([2H])([2H])[2H])c(OC([2H])([2H])[2H])c(OC([2H])([2H])[2H])c2)nc(Nc2nc3c(c([2H])c2[2H])OC(C)(C)C(=O)N3COP(=O)(O)O)c1F. The number of pyridine rings is 1. The van der Waals surface area contributed by atoms with E-state index < -0.39 is 118 Å². The van der Waals surface area contributed by atoms with Crippen LogP contribution >= 0.6 is 7.82 Å². The third kappa shape index (κ3) is 6.15. The molecule has 40 heavy (non-hydrogen) atoms. The number of phosphoric ester groups is 1. The van der Waals surface area contributed by atoms with Crippen LogP contribution in [0.5, 0.6) is 23.0 Å². The molecule has 0 saturated heterocycles. The number of nitrogens with one attached hydrogen (secondary N) is 2. The summed E-state index contributed by atoms with van der Waals surface area (Å²) in [4.78, 5) is 43.5. The van der Waals surface area contributed by atoms with E-state index in [9.17, 15) is 19.1 Å². The summed E-state index contributed by atoms with van der Waals surface area (Å²) in [7, 11) is -14.9. The number of aromatic nitrogens is 3. The van der Waals surface area contributed by atoms with Crippen molar-refractivity contribution in [1.82, 2.24) is 15.0 Å². The lowest BCUT2D eigenvalue weighted by molar-refractivity contribution is -0.133. The fourth-order valence-corrected chi connectivity index (χ4v) is 3.52. The van der Waals surface area contributed by atoms with E-state index in [0.717, 1.165) is 12.1 Å². The Morgan fingerprint density at radius 2 is 1.85 bits per heavy atom. The number of benzene rings is 1. The highest BCUT2D eigenvalue weighted by Gasteiger charge is 2.42. The van der Waals surface area contributed by atoms with Crippen molar-refractivity contribution in [2.75, 3.05) is 43.4 Å². The highest BCUT2D eigenvalue weighted by molar-refractivity contribution is 7.46. The van der Waals surface area contributed by atoms with Gasteiger partial charge in [-0.15, -0.1) is 0 Å². The zero-order chi connectivity index (χ0) is 39.4. The van der Waals surface area contributed by atoms with E-state index in [1.165, 1.54) is 13.8 Å². The molecule has 1 aliphatic rings. The average molecular weight is 593 g/mol. The minimum Gasteiger partial charge on any atom is -0.493 e. The topological polar surface area (TPSA) is 187 Å². The van der Waals surface area contributed by atoms with Gasteiger partial charge in [0.05, 0.1) is 43.7 Å². The molecule has 1 aliphatic heterocycles. The molecule has 0 saturated carbocycles. The third-order valence-corrected chi connectivity index (χ3v) is 5.42. The summed E-state index contributed by atoms with van der Waals surface area (Å²) >= 11 is 0. The fraction of sp³-hybridized carbons (Fsp3) is 0.304. The Hall–Kier alpha value is -4.24. The van der Waals surface area contributed by atoms with Crippen LogP contribution < -0.4 is 34.5 Å². The van der Waals surface area contributed by atoms with Gasteiger partial charge in [-0.2, -0.15) is 4.98 Å². The van der Waals surface area contributed by atoms with Crippen LogP contribution in [0, 0.1) is 5.82 Å². The zero-order valence-corrected chi connectivity index (χ0v) is 21.1. The second-order valence-electron chi connectivity index (χ2n) is 8.14. The number of fused-ring (bicyclic) bond motifs is 1. The Bertz CT molecular complexity index is 1910. The van der Waals surface area contributed by atoms with E-state index in [1.54, 1.807) is 0 Å². The molecule has 0 radical (unpaired) electrons. The highest BCUT2D eigenvalue weighted by atomic mass is 31.2. The van der Waals surface area contributed by atoms with Crippen molar-refractivity contribution >= 4 is 42.8 Å². The van der Waals surface area contributed by atoms with Gasteiger partial charge in [0.1, 0.15) is 12.5 Å². The summed E-state index contributed by atoms with van der Waals surface area (Å²) in [6.07, 6.45) is -1.10. The summed E-state index contributed by atoms with van der Waals surface area (Å²) < 4.78 is 143.